The summed E-state index contributed by atoms with van der Waals surface area (Å²) in [6.45, 7) is 8.36. The van der Waals surface area contributed by atoms with Crippen LogP contribution in [0.2, 0.25) is 0 Å². The molecule has 0 unspecified atom stereocenters. The van der Waals surface area contributed by atoms with Crippen molar-refractivity contribution in [1.29, 1.82) is 0 Å². The minimum Gasteiger partial charge on any atom is -0.507 e. The molecule has 1 amide bonds. The molecule has 0 aliphatic carbocycles. The van der Waals surface area contributed by atoms with Crippen molar-refractivity contribution in [3.63, 3.8) is 0 Å². The first-order valence-corrected chi connectivity index (χ1v) is 9.43. The maximum Gasteiger partial charge on any atom is 0.257 e. The molecule has 0 saturated carbocycles. The first-order chi connectivity index (χ1) is 12.5. The van der Waals surface area contributed by atoms with E-state index in [1.165, 1.54) is 5.56 Å². The summed E-state index contributed by atoms with van der Waals surface area (Å²) in [6.07, 6.45) is 1.03. The molecule has 0 aromatic heterocycles. The van der Waals surface area contributed by atoms with Gasteiger partial charge in [-0.15, -0.1) is 0 Å². The third-order valence-corrected chi connectivity index (χ3v) is 5.14. The van der Waals surface area contributed by atoms with Crippen LogP contribution in [-0.4, -0.2) is 53.5 Å². The lowest BCUT2D eigenvalue weighted by Gasteiger charge is -2.35. The number of aromatic hydroxyl groups is 1. The van der Waals surface area contributed by atoms with E-state index in [0.717, 1.165) is 31.6 Å². The molecule has 2 aromatic rings. The number of carbonyl (C=O) groups is 1. The van der Waals surface area contributed by atoms with E-state index in [4.69, 9.17) is 0 Å². The quantitative estimate of drug-likeness (QED) is 0.895. The third kappa shape index (κ3) is 4.44. The van der Waals surface area contributed by atoms with Crippen LogP contribution in [-0.2, 0) is 6.42 Å². The van der Waals surface area contributed by atoms with Crippen molar-refractivity contribution >= 4 is 5.91 Å². The number of benzene rings is 2. The van der Waals surface area contributed by atoms with E-state index in [2.05, 4.69) is 43.0 Å². The lowest BCUT2D eigenvalue weighted by Crippen LogP contribution is -2.49. The molecule has 1 fully saturated rings. The molecule has 2 aromatic carbocycles. The fraction of sp³-hybridized carbons (Fsp3) is 0.409. The Morgan fingerprint density at radius 2 is 1.73 bits per heavy atom. The molecule has 4 nitrogen and oxygen atoms in total. The molecule has 0 radical (unpaired) electrons. The zero-order chi connectivity index (χ0) is 18.5. The number of rotatable bonds is 5. The second-order valence-corrected chi connectivity index (χ2v) is 7.30. The second-order valence-electron chi connectivity index (χ2n) is 7.30. The van der Waals surface area contributed by atoms with Crippen LogP contribution in [0, 0.1) is 0 Å². The monoisotopic (exact) mass is 352 g/mol. The summed E-state index contributed by atoms with van der Waals surface area (Å²) in [5.74, 6) is 0.343. The van der Waals surface area contributed by atoms with Gasteiger partial charge in [-0.2, -0.15) is 0 Å². The van der Waals surface area contributed by atoms with Gasteiger partial charge in [-0.1, -0.05) is 50.2 Å². The van der Waals surface area contributed by atoms with E-state index >= 15 is 0 Å². The Kier molecular flexibility index (Phi) is 5.94. The molecule has 1 heterocycles. The number of phenols is 1. The van der Waals surface area contributed by atoms with Gasteiger partial charge < -0.3 is 10.0 Å². The van der Waals surface area contributed by atoms with Crippen molar-refractivity contribution in [2.24, 2.45) is 0 Å². The van der Waals surface area contributed by atoms with Gasteiger partial charge in [0.1, 0.15) is 5.75 Å². The van der Waals surface area contributed by atoms with Crippen LogP contribution in [0.5, 0.6) is 5.75 Å². The molecular formula is C22H28N2O2. The molecule has 1 N–H and O–H groups in total. The van der Waals surface area contributed by atoms with Crippen LogP contribution in [0.4, 0.5) is 0 Å². The first kappa shape index (κ1) is 18.5. The fourth-order valence-electron chi connectivity index (χ4n) is 3.36. The molecule has 138 valence electrons. The van der Waals surface area contributed by atoms with Gasteiger partial charge in [0.2, 0.25) is 0 Å². The number of piperazine rings is 1. The SMILES string of the molecule is CC(C)c1ccc(O)c(C(=O)N2CCN(CCc3ccccc3)CC2)c1. The molecule has 3 rings (SSSR count). The predicted octanol–water partition coefficient (Wildman–Crippen LogP) is 3.52. The highest BCUT2D eigenvalue weighted by Gasteiger charge is 2.24. The van der Waals surface area contributed by atoms with Crippen LogP contribution in [0.15, 0.2) is 48.5 Å². The predicted molar refractivity (Wildman–Crippen MR) is 105 cm³/mol. The number of nitrogens with zero attached hydrogens (tertiary/aromatic N) is 2. The second kappa shape index (κ2) is 8.37. The normalized spacial score (nSPS) is 15.4. The van der Waals surface area contributed by atoms with Gasteiger partial charge >= 0.3 is 0 Å². The van der Waals surface area contributed by atoms with Crippen molar-refractivity contribution in [2.45, 2.75) is 26.2 Å². The Balaban J connectivity index is 1.56. The zero-order valence-corrected chi connectivity index (χ0v) is 15.7. The molecule has 0 bridgehead atoms. The Hall–Kier alpha value is -2.33. The van der Waals surface area contributed by atoms with E-state index in [-0.39, 0.29) is 11.7 Å². The van der Waals surface area contributed by atoms with Gasteiger partial charge in [-0.25, -0.2) is 0 Å². The molecule has 0 spiro atoms. The van der Waals surface area contributed by atoms with Gasteiger partial charge in [-0.3, -0.25) is 9.69 Å². The molecule has 1 aliphatic rings. The van der Waals surface area contributed by atoms with Crippen LogP contribution >= 0.6 is 0 Å². The molecule has 4 heteroatoms. The first-order valence-electron chi connectivity index (χ1n) is 9.43. The number of hydrogen-bond donors (Lipinski definition) is 1. The summed E-state index contributed by atoms with van der Waals surface area (Å²) >= 11 is 0. The highest BCUT2D eigenvalue weighted by atomic mass is 16.3. The van der Waals surface area contributed by atoms with Crippen LogP contribution in [0.1, 0.15) is 41.3 Å². The molecular weight excluding hydrogens is 324 g/mol. The highest BCUT2D eigenvalue weighted by molar-refractivity contribution is 5.97. The number of carbonyl (C=O) groups excluding carboxylic acids is 1. The minimum atomic E-state index is -0.0623. The fourth-order valence-corrected chi connectivity index (χ4v) is 3.36. The van der Waals surface area contributed by atoms with Crippen LogP contribution in [0.3, 0.4) is 0 Å². The molecule has 1 saturated heterocycles. The van der Waals surface area contributed by atoms with Gasteiger partial charge in [-0.05, 0) is 35.6 Å². The largest absolute Gasteiger partial charge is 0.507 e. The van der Waals surface area contributed by atoms with Crippen molar-refractivity contribution in [1.82, 2.24) is 9.80 Å². The van der Waals surface area contributed by atoms with Gasteiger partial charge in [0, 0.05) is 32.7 Å². The van der Waals surface area contributed by atoms with E-state index in [1.807, 2.05) is 23.1 Å². The van der Waals surface area contributed by atoms with E-state index in [1.54, 1.807) is 6.07 Å². The summed E-state index contributed by atoms with van der Waals surface area (Å²) in [5.41, 5.74) is 2.85. The molecule has 26 heavy (non-hydrogen) atoms. The molecule has 0 atom stereocenters. The minimum absolute atomic E-state index is 0.0623. The Morgan fingerprint density at radius 3 is 2.38 bits per heavy atom. The maximum absolute atomic E-state index is 12.8. The summed E-state index contributed by atoms with van der Waals surface area (Å²) < 4.78 is 0. The topological polar surface area (TPSA) is 43.8 Å². The van der Waals surface area contributed by atoms with Crippen molar-refractivity contribution in [3.8, 4) is 5.75 Å². The molecule has 1 aliphatic heterocycles. The summed E-state index contributed by atoms with van der Waals surface area (Å²) in [5, 5.41) is 10.1. The van der Waals surface area contributed by atoms with E-state index < -0.39 is 0 Å². The number of amides is 1. The summed E-state index contributed by atoms with van der Waals surface area (Å²) in [6, 6.07) is 15.9. The number of hydrogen-bond acceptors (Lipinski definition) is 3. The smallest absolute Gasteiger partial charge is 0.257 e. The lowest BCUT2D eigenvalue weighted by atomic mass is 9.99. The van der Waals surface area contributed by atoms with Gasteiger partial charge in [0.15, 0.2) is 0 Å². The van der Waals surface area contributed by atoms with Gasteiger partial charge in [0.25, 0.3) is 5.91 Å². The van der Waals surface area contributed by atoms with Crippen LogP contribution < -0.4 is 0 Å². The summed E-state index contributed by atoms with van der Waals surface area (Å²) in [4.78, 5) is 17.1. The Labute approximate surface area is 156 Å². The average Bonchev–Trinajstić information content (AvgIpc) is 2.67. The van der Waals surface area contributed by atoms with Crippen molar-refractivity contribution in [3.05, 3.63) is 65.2 Å². The number of phenolic OH excluding ortho intramolecular Hbond substituents is 1. The van der Waals surface area contributed by atoms with E-state index in [0.29, 0.717) is 24.6 Å². The maximum atomic E-state index is 12.8. The van der Waals surface area contributed by atoms with Crippen LogP contribution in [0.25, 0.3) is 0 Å². The standard InChI is InChI=1S/C22H28N2O2/c1-17(2)19-8-9-21(25)20(16-19)22(26)24-14-12-23(13-15-24)11-10-18-6-4-3-5-7-18/h3-9,16-17,25H,10-15H2,1-2H3. The summed E-state index contributed by atoms with van der Waals surface area (Å²) in [7, 11) is 0. The Bertz CT molecular complexity index is 735. The van der Waals surface area contributed by atoms with Crippen molar-refractivity contribution in [2.75, 3.05) is 32.7 Å². The zero-order valence-electron chi connectivity index (χ0n) is 15.7. The van der Waals surface area contributed by atoms with Gasteiger partial charge in [0.05, 0.1) is 5.56 Å². The third-order valence-electron chi connectivity index (χ3n) is 5.14. The highest BCUT2D eigenvalue weighted by Crippen LogP contribution is 2.25. The van der Waals surface area contributed by atoms with E-state index in [9.17, 15) is 9.90 Å². The van der Waals surface area contributed by atoms with Crippen molar-refractivity contribution < 1.29 is 9.90 Å². The Morgan fingerprint density at radius 1 is 1.04 bits per heavy atom. The lowest BCUT2D eigenvalue weighted by molar-refractivity contribution is 0.0635. The average molecular weight is 352 g/mol.